The molecule has 0 N–H and O–H groups in total. The summed E-state index contributed by atoms with van der Waals surface area (Å²) in [5, 5.41) is 0. The lowest BCUT2D eigenvalue weighted by atomic mass is 10.0. The minimum absolute atomic E-state index is 0.00138. The first-order chi connectivity index (χ1) is 13.4. The van der Waals surface area contributed by atoms with Crippen molar-refractivity contribution < 1.29 is 9.53 Å². The van der Waals surface area contributed by atoms with E-state index in [1.165, 1.54) is 41.6 Å². The standard InChI is InChI=1S/C26H42O2/c1-21(2)11-8-12-22(3)13-9-14-23(4)15-10-16-24(5)19-20-28-26(27)25-17-6-7-18-25/h11,13,15,19,25H,6-10,12,14,16-18,20H2,1-5H3/b22-13+,23-15+,24-19+. The molecule has 0 heterocycles. The molecule has 0 aromatic carbocycles. The Hall–Kier alpha value is -1.57. The number of carbonyl (C=O) groups excluding carboxylic acids is 1. The Bertz CT molecular complexity index is 580. The van der Waals surface area contributed by atoms with Crippen LogP contribution >= 0.6 is 0 Å². The van der Waals surface area contributed by atoms with Gasteiger partial charge in [-0.25, -0.2) is 0 Å². The molecule has 2 heteroatoms. The van der Waals surface area contributed by atoms with Crippen molar-refractivity contribution >= 4 is 5.97 Å². The Balaban J connectivity index is 2.18. The second kappa shape index (κ2) is 14.4. The normalized spacial score (nSPS) is 16.4. The molecular formula is C26H42O2. The summed E-state index contributed by atoms with van der Waals surface area (Å²) in [7, 11) is 0. The number of esters is 1. The first kappa shape index (κ1) is 24.5. The van der Waals surface area contributed by atoms with Gasteiger partial charge >= 0.3 is 5.97 Å². The van der Waals surface area contributed by atoms with E-state index in [2.05, 4.69) is 58.9 Å². The fourth-order valence-electron chi connectivity index (χ4n) is 3.53. The topological polar surface area (TPSA) is 26.3 Å². The Morgan fingerprint density at radius 1 is 0.750 bits per heavy atom. The van der Waals surface area contributed by atoms with Crippen LogP contribution in [0, 0.1) is 5.92 Å². The second-order valence-corrected chi connectivity index (χ2v) is 8.66. The summed E-state index contributed by atoms with van der Waals surface area (Å²) >= 11 is 0. The van der Waals surface area contributed by atoms with Gasteiger partial charge in [-0.3, -0.25) is 4.79 Å². The lowest BCUT2D eigenvalue weighted by Crippen LogP contribution is -2.14. The van der Waals surface area contributed by atoms with Crippen LogP contribution in [0.25, 0.3) is 0 Å². The molecule has 0 aliphatic heterocycles. The van der Waals surface area contributed by atoms with Crippen LogP contribution in [0.1, 0.15) is 98.8 Å². The fraction of sp³-hybridized carbons (Fsp3) is 0.654. The van der Waals surface area contributed by atoms with E-state index >= 15 is 0 Å². The molecule has 0 radical (unpaired) electrons. The molecule has 1 fully saturated rings. The molecule has 158 valence electrons. The maximum Gasteiger partial charge on any atom is 0.309 e. The third-order valence-corrected chi connectivity index (χ3v) is 5.50. The number of rotatable bonds is 12. The first-order valence-electron chi connectivity index (χ1n) is 11.2. The molecule has 28 heavy (non-hydrogen) atoms. The van der Waals surface area contributed by atoms with E-state index in [0.717, 1.165) is 44.9 Å². The highest BCUT2D eigenvalue weighted by molar-refractivity contribution is 5.72. The lowest BCUT2D eigenvalue weighted by molar-refractivity contribution is -0.147. The molecule has 1 saturated carbocycles. The molecule has 0 saturated heterocycles. The summed E-state index contributed by atoms with van der Waals surface area (Å²) in [5.74, 6) is 0.158. The molecule has 0 atom stereocenters. The zero-order valence-corrected chi connectivity index (χ0v) is 19.0. The maximum absolute atomic E-state index is 11.9. The van der Waals surface area contributed by atoms with E-state index in [0.29, 0.717) is 6.61 Å². The number of allylic oxidation sites excluding steroid dienone is 7. The van der Waals surface area contributed by atoms with E-state index < -0.39 is 0 Å². The molecule has 0 spiro atoms. The summed E-state index contributed by atoms with van der Waals surface area (Å²) in [6.45, 7) is 11.4. The molecule has 0 amide bonds. The average molecular weight is 387 g/mol. The predicted octanol–water partition coefficient (Wildman–Crippen LogP) is 7.87. The van der Waals surface area contributed by atoms with Gasteiger partial charge in [0.05, 0.1) is 5.92 Å². The Morgan fingerprint density at radius 3 is 1.71 bits per heavy atom. The predicted molar refractivity (Wildman–Crippen MR) is 121 cm³/mol. The van der Waals surface area contributed by atoms with Crippen LogP contribution in [0.2, 0.25) is 0 Å². The van der Waals surface area contributed by atoms with Crippen LogP contribution in [-0.2, 0) is 9.53 Å². The Labute approximate surface area is 173 Å². The van der Waals surface area contributed by atoms with Gasteiger partial charge in [-0.1, -0.05) is 53.4 Å². The lowest BCUT2D eigenvalue weighted by Gasteiger charge is -2.08. The minimum atomic E-state index is 0.00138. The Morgan fingerprint density at radius 2 is 1.21 bits per heavy atom. The van der Waals surface area contributed by atoms with E-state index in [1.54, 1.807) is 0 Å². The van der Waals surface area contributed by atoms with Crippen LogP contribution in [0.3, 0.4) is 0 Å². The van der Waals surface area contributed by atoms with Gasteiger partial charge in [0, 0.05) is 0 Å². The molecule has 0 aromatic heterocycles. The van der Waals surface area contributed by atoms with Crippen LogP contribution in [0.5, 0.6) is 0 Å². The van der Waals surface area contributed by atoms with Gasteiger partial charge in [-0.05, 0) is 92.1 Å². The van der Waals surface area contributed by atoms with Crippen molar-refractivity contribution in [2.75, 3.05) is 6.61 Å². The van der Waals surface area contributed by atoms with Gasteiger partial charge in [-0.15, -0.1) is 0 Å². The van der Waals surface area contributed by atoms with Crippen molar-refractivity contribution in [3.8, 4) is 0 Å². The SMILES string of the molecule is CC(C)=CCC/C(C)=C/CC/C(C)=C/CC/C(C)=C/COC(=O)C1CCCC1. The van der Waals surface area contributed by atoms with Crippen LogP contribution in [0.15, 0.2) is 46.6 Å². The zero-order valence-electron chi connectivity index (χ0n) is 19.0. The van der Waals surface area contributed by atoms with Crippen LogP contribution < -0.4 is 0 Å². The summed E-state index contributed by atoms with van der Waals surface area (Å²) < 4.78 is 5.40. The molecule has 1 rings (SSSR count). The molecule has 0 bridgehead atoms. The van der Waals surface area contributed by atoms with Crippen molar-refractivity contribution in [2.24, 2.45) is 5.92 Å². The average Bonchev–Trinajstić information content (AvgIpc) is 3.16. The summed E-state index contributed by atoms with van der Waals surface area (Å²) in [4.78, 5) is 11.9. The van der Waals surface area contributed by atoms with E-state index in [9.17, 15) is 4.79 Å². The molecule has 0 aromatic rings. The largest absolute Gasteiger partial charge is 0.461 e. The van der Waals surface area contributed by atoms with Gasteiger partial charge in [0.1, 0.15) is 6.61 Å². The van der Waals surface area contributed by atoms with Crippen molar-refractivity contribution in [3.63, 3.8) is 0 Å². The third-order valence-electron chi connectivity index (χ3n) is 5.50. The van der Waals surface area contributed by atoms with E-state index in [1.807, 2.05) is 0 Å². The number of hydrogen-bond donors (Lipinski definition) is 0. The fourth-order valence-corrected chi connectivity index (χ4v) is 3.53. The minimum Gasteiger partial charge on any atom is -0.461 e. The third kappa shape index (κ3) is 12.0. The van der Waals surface area contributed by atoms with E-state index in [4.69, 9.17) is 4.74 Å². The van der Waals surface area contributed by atoms with Crippen molar-refractivity contribution in [2.45, 2.75) is 98.8 Å². The highest BCUT2D eigenvalue weighted by Gasteiger charge is 2.23. The molecule has 1 aliphatic carbocycles. The van der Waals surface area contributed by atoms with Crippen molar-refractivity contribution in [3.05, 3.63) is 46.6 Å². The van der Waals surface area contributed by atoms with E-state index in [-0.39, 0.29) is 11.9 Å². The molecule has 1 aliphatic rings. The molecule has 2 nitrogen and oxygen atoms in total. The highest BCUT2D eigenvalue weighted by atomic mass is 16.5. The van der Waals surface area contributed by atoms with Gasteiger partial charge in [0.2, 0.25) is 0 Å². The summed E-state index contributed by atoms with van der Waals surface area (Å²) in [6.07, 6.45) is 20.2. The summed E-state index contributed by atoms with van der Waals surface area (Å²) in [6, 6.07) is 0. The van der Waals surface area contributed by atoms with Crippen molar-refractivity contribution in [1.82, 2.24) is 0 Å². The van der Waals surface area contributed by atoms with Crippen molar-refractivity contribution in [1.29, 1.82) is 0 Å². The summed E-state index contributed by atoms with van der Waals surface area (Å²) in [5.41, 5.74) is 5.67. The number of ether oxygens (including phenoxy) is 1. The number of hydrogen-bond acceptors (Lipinski definition) is 2. The van der Waals surface area contributed by atoms with Gasteiger partial charge in [0.25, 0.3) is 0 Å². The smallest absolute Gasteiger partial charge is 0.309 e. The maximum atomic E-state index is 11.9. The molecule has 0 unspecified atom stereocenters. The van der Waals surface area contributed by atoms with Crippen LogP contribution in [-0.4, -0.2) is 12.6 Å². The van der Waals surface area contributed by atoms with Gasteiger partial charge in [0.15, 0.2) is 0 Å². The first-order valence-corrected chi connectivity index (χ1v) is 11.2. The van der Waals surface area contributed by atoms with Gasteiger partial charge < -0.3 is 4.74 Å². The second-order valence-electron chi connectivity index (χ2n) is 8.66. The Kier molecular flexibility index (Phi) is 12.6. The highest BCUT2D eigenvalue weighted by Crippen LogP contribution is 2.25. The molecular weight excluding hydrogens is 344 g/mol. The monoisotopic (exact) mass is 386 g/mol. The van der Waals surface area contributed by atoms with Gasteiger partial charge in [-0.2, -0.15) is 0 Å². The zero-order chi connectivity index (χ0) is 20.8. The quantitative estimate of drug-likeness (QED) is 0.252. The number of carbonyl (C=O) groups is 1. The van der Waals surface area contributed by atoms with Crippen LogP contribution in [0.4, 0.5) is 0 Å².